The van der Waals surface area contributed by atoms with Gasteiger partial charge < -0.3 is 30.3 Å². The molecule has 1 unspecified atom stereocenters. The van der Waals surface area contributed by atoms with Crippen LogP contribution in [0.3, 0.4) is 0 Å². The molecule has 0 aliphatic carbocycles. The molecule has 1 aliphatic heterocycles. The number of hydrogen-bond donors (Lipinski definition) is 5. The van der Waals surface area contributed by atoms with Crippen LogP contribution in [0.2, 0.25) is 0 Å². The molecule has 1 aliphatic rings. The lowest BCUT2D eigenvalue weighted by atomic mass is 9.96. The van der Waals surface area contributed by atoms with E-state index in [0.29, 0.717) is 11.3 Å². The van der Waals surface area contributed by atoms with Crippen LogP contribution in [-0.4, -0.2) is 37.7 Å². The average molecular weight is 294 g/mol. The number of rotatable bonds is 3. The predicted molar refractivity (Wildman–Crippen MR) is 75.6 cm³/mol. The number of fused-ring (bicyclic) bond motifs is 1. The van der Waals surface area contributed by atoms with Crippen molar-refractivity contribution < 1.29 is 30.3 Å². The number of phenolic OH excluding ortho intramolecular Hbond substituents is 2. The van der Waals surface area contributed by atoms with Crippen LogP contribution in [0.15, 0.2) is 35.8 Å². The van der Waals surface area contributed by atoms with E-state index in [0.717, 1.165) is 0 Å². The summed E-state index contributed by atoms with van der Waals surface area (Å²) >= 11 is 0. The van der Waals surface area contributed by atoms with Crippen LogP contribution >= 0.6 is 0 Å². The van der Waals surface area contributed by atoms with Crippen molar-refractivity contribution in [2.24, 2.45) is 0 Å². The molecule has 6 heteroatoms. The van der Waals surface area contributed by atoms with Crippen molar-refractivity contribution in [3.05, 3.63) is 41.4 Å². The maximum atomic E-state index is 10.0. The fraction of sp³-hybridized carbons (Fsp3) is 0.333. The van der Waals surface area contributed by atoms with Crippen LogP contribution in [0.1, 0.15) is 18.9 Å². The number of benzene rings is 1. The van der Waals surface area contributed by atoms with Gasteiger partial charge in [-0.2, -0.15) is 0 Å². The molecule has 0 fully saturated rings. The second-order valence-corrected chi connectivity index (χ2v) is 4.87. The summed E-state index contributed by atoms with van der Waals surface area (Å²) in [7, 11) is 0. The highest BCUT2D eigenvalue weighted by molar-refractivity contribution is 5.51. The van der Waals surface area contributed by atoms with Gasteiger partial charge in [-0.05, 0) is 19.1 Å². The quantitative estimate of drug-likeness (QED) is 0.431. The molecule has 114 valence electrons. The molecule has 0 spiro atoms. The van der Waals surface area contributed by atoms with Crippen LogP contribution in [0.25, 0.3) is 0 Å². The summed E-state index contributed by atoms with van der Waals surface area (Å²) < 4.78 is 5.54. The van der Waals surface area contributed by atoms with Crippen molar-refractivity contribution in [1.29, 1.82) is 0 Å². The minimum absolute atomic E-state index is 0.132. The highest BCUT2D eigenvalue weighted by atomic mass is 16.5. The molecule has 1 aromatic carbocycles. The smallest absolute Gasteiger partial charge is 0.153 e. The van der Waals surface area contributed by atoms with Gasteiger partial charge in [0.15, 0.2) is 11.5 Å². The number of hydrogen-bond acceptors (Lipinski definition) is 6. The third kappa shape index (κ3) is 3.22. The number of aliphatic hydroxyl groups excluding tert-OH is 3. The van der Waals surface area contributed by atoms with Gasteiger partial charge in [-0.25, -0.2) is 0 Å². The Balaban J connectivity index is 2.17. The van der Waals surface area contributed by atoms with E-state index >= 15 is 0 Å². The Hall–Kier alpha value is -2.34. The van der Waals surface area contributed by atoms with Crippen molar-refractivity contribution in [1.82, 2.24) is 0 Å². The summed E-state index contributed by atoms with van der Waals surface area (Å²) in [6, 6.07) is 2.55. The first-order valence-electron chi connectivity index (χ1n) is 6.56. The van der Waals surface area contributed by atoms with Crippen LogP contribution in [-0.2, 0) is 6.42 Å². The van der Waals surface area contributed by atoms with Gasteiger partial charge in [0.05, 0.1) is 6.10 Å². The molecule has 2 rings (SSSR count). The Morgan fingerprint density at radius 2 is 2.00 bits per heavy atom. The molecule has 1 heterocycles. The van der Waals surface area contributed by atoms with Gasteiger partial charge in [0.25, 0.3) is 0 Å². The molecule has 0 saturated heterocycles. The summed E-state index contributed by atoms with van der Waals surface area (Å²) in [5.74, 6) is -0.515. The summed E-state index contributed by atoms with van der Waals surface area (Å²) in [4.78, 5) is 0. The van der Waals surface area contributed by atoms with Crippen LogP contribution in [0.5, 0.6) is 17.2 Å². The molecule has 0 bridgehead atoms. The third-order valence-electron chi connectivity index (χ3n) is 3.37. The molecular formula is C15H18O6. The fourth-order valence-corrected chi connectivity index (χ4v) is 2.19. The number of ether oxygens (including phenoxy) is 1. The van der Waals surface area contributed by atoms with Crippen molar-refractivity contribution in [3.63, 3.8) is 0 Å². The Kier molecular flexibility index (Phi) is 4.28. The van der Waals surface area contributed by atoms with Crippen LogP contribution in [0.4, 0.5) is 0 Å². The van der Waals surface area contributed by atoms with E-state index in [4.69, 9.17) is 4.74 Å². The molecule has 0 radical (unpaired) electrons. The predicted octanol–water partition coefficient (Wildman–Crippen LogP) is 2.06. The van der Waals surface area contributed by atoms with Crippen LogP contribution < -0.4 is 4.74 Å². The molecule has 0 aromatic heterocycles. The number of aromatic hydroxyl groups is 2. The highest BCUT2D eigenvalue weighted by Crippen LogP contribution is 2.38. The molecule has 21 heavy (non-hydrogen) atoms. The van der Waals surface area contributed by atoms with E-state index in [2.05, 4.69) is 0 Å². The second kappa shape index (κ2) is 5.97. The Morgan fingerprint density at radius 1 is 1.29 bits per heavy atom. The van der Waals surface area contributed by atoms with Crippen molar-refractivity contribution in [2.45, 2.75) is 32.0 Å². The second-order valence-electron chi connectivity index (χ2n) is 4.87. The van der Waals surface area contributed by atoms with Gasteiger partial charge in [0.1, 0.15) is 23.4 Å². The molecule has 6 nitrogen and oxygen atoms in total. The third-order valence-corrected chi connectivity index (χ3v) is 3.37. The van der Waals surface area contributed by atoms with E-state index in [1.54, 1.807) is 6.92 Å². The highest BCUT2D eigenvalue weighted by Gasteiger charge is 2.30. The first-order chi connectivity index (χ1) is 9.92. The topological polar surface area (TPSA) is 110 Å². The van der Waals surface area contributed by atoms with Gasteiger partial charge in [0.2, 0.25) is 0 Å². The van der Waals surface area contributed by atoms with E-state index in [1.807, 2.05) is 0 Å². The minimum Gasteiger partial charge on any atom is -0.508 e. The van der Waals surface area contributed by atoms with Gasteiger partial charge in [-0.15, -0.1) is 0 Å². The number of aliphatic hydroxyl groups is 3. The molecule has 2 atom stereocenters. The van der Waals surface area contributed by atoms with E-state index in [1.165, 1.54) is 24.3 Å². The SMILES string of the molecule is C/C=C(O)\C(O)=C/CC1Oc2cc(O)cc(O)c2C[C@@H]1O. The van der Waals surface area contributed by atoms with Gasteiger partial charge in [0, 0.05) is 30.5 Å². The monoisotopic (exact) mass is 294 g/mol. The van der Waals surface area contributed by atoms with Crippen molar-refractivity contribution in [2.75, 3.05) is 0 Å². The van der Waals surface area contributed by atoms with E-state index in [9.17, 15) is 25.5 Å². The summed E-state index contributed by atoms with van der Waals surface area (Å²) in [5.41, 5.74) is 0.432. The zero-order chi connectivity index (χ0) is 15.6. The number of phenols is 2. The lowest BCUT2D eigenvalue weighted by molar-refractivity contribution is 0.0224. The number of allylic oxidation sites excluding steroid dienone is 1. The van der Waals surface area contributed by atoms with Crippen molar-refractivity contribution in [3.8, 4) is 17.2 Å². The zero-order valence-corrected chi connectivity index (χ0v) is 11.5. The maximum absolute atomic E-state index is 10.0. The van der Waals surface area contributed by atoms with Gasteiger partial charge in [-0.3, -0.25) is 0 Å². The standard InChI is InChI=1S/C15H18O6/c1-2-10(17)11(18)3-4-14-13(20)7-9-12(19)5-8(16)6-15(9)21-14/h2-3,5-6,13-14,16-20H,4,7H2,1H3/b10-2+,11-3+/t13-,14?/m0/s1. The molecule has 1 aromatic rings. The zero-order valence-electron chi connectivity index (χ0n) is 11.5. The summed E-state index contributed by atoms with van der Waals surface area (Å²) in [5, 5.41) is 48.1. The fourth-order valence-electron chi connectivity index (χ4n) is 2.19. The summed E-state index contributed by atoms with van der Waals surface area (Å²) in [6.45, 7) is 1.58. The lowest BCUT2D eigenvalue weighted by Gasteiger charge is -2.30. The van der Waals surface area contributed by atoms with E-state index in [-0.39, 0.29) is 35.9 Å². The van der Waals surface area contributed by atoms with Crippen molar-refractivity contribution >= 4 is 0 Å². The van der Waals surface area contributed by atoms with Gasteiger partial charge >= 0.3 is 0 Å². The lowest BCUT2D eigenvalue weighted by Crippen LogP contribution is -2.37. The average Bonchev–Trinajstić information content (AvgIpc) is 2.44. The molecular weight excluding hydrogens is 276 g/mol. The van der Waals surface area contributed by atoms with Gasteiger partial charge in [-0.1, -0.05) is 0 Å². The Morgan fingerprint density at radius 3 is 2.67 bits per heavy atom. The Bertz CT molecular complexity index is 590. The summed E-state index contributed by atoms with van der Waals surface area (Å²) in [6.07, 6.45) is 1.51. The van der Waals surface area contributed by atoms with Crippen LogP contribution in [0, 0.1) is 0 Å². The first-order valence-corrected chi connectivity index (χ1v) is 6.56. The minimum atomic E-state index is -0.871. The van der Waals surface area contributed by atoms with E-state index < -0.39 is 12.2 Å². The molecule has 5 N–H and O–H groups in total. The first kappa shape index (κ1) is 15.1. The normalized spacial score (nSPS) is 22.6. The molecule has 0 saturated carbocycles. The Labute approximate surface area is 121 Å². The maximum Gasteiger partial charge on any atom is 0.153 e. The molecule has 0 amide bonds. The largest absolute Gasteiger partial charge is 0.508 e.